The maximum atomic E-state index is 12.5. The molecule has 0 atom stereocenters. The Balaban J connectivity index is 2.42. The molecule has 0 aliphatic carbocycles. The maximum Gasteiger partial charge on any atom is 0.264 e. The molecule has 2 N–H and O–H groups in total. The molecule has 2 aromatic carbocycles. The lowest BCUT2D eigenvalue weighted by Crippen LogP contribution is -2.26. The van der Waals surface area contributed by atoms with Crippen molar-refractivity contribution in [1.82, 2.24) is 0 Å². The van der Waals surface area contributed by atoms with Gasteiger partial charge < -0.3 is 5.73 Å². The minimum atomic E-state index is -3.70. The second kappa shape index (κ2) is 5.76. The Kier molecular flexibility index (Phi) is 4.21. The molecule has 5 nitrogen and oxygen atoms in total. The second-order valence-corrected chi connectivity index (χ2v) is 7.14. The first-order valence-corrected chi connectivity index (χ1v) is 8.13. The van der Waals surface area contributed by atoms with Gasteiger partial charge in [-0.3, -0.25) is 4.31 Å². The highest BCUT2D eigenvalue weighted by Crippen LogP contribution is 2.27. The quantitative estimate of drug-likeness (QED) is 0.847. The van der Waals surface area contributed by atoms with Crippen LogP contribution in [0.5, 0.6) is 0 Å². The molecule has 0 aliphatic rings. The fourth-order valence-electron chi connectivity index (χ4n) is 1.73. The first-order valence-electron chi connectivity index (χ1n) is 5.90. The summed E-state index contributed by atoms with van der Waals surface area (Å²) in [5.41, 5.74) is 7.02. The number of sulfonamides is 1. The van der Waals surface area contributed by atoms with E-state index >= 15 is 0 Å². The molecule has 0 aromatic heterocycles. The predicted octanol–water partition coefficient (Wildman–Crippen LogP) is 2.73. The molecule has 0 bridgehead atoms. The average Bonchev–Trinajstić information content (AvgIpc) is 2.49. The fraction of sp³-hybridized carbons (Fsp3) is 0.0714. The molecular weight excluding hydrogens is 354 g/mol. The summed E-state index contributed by atoms with van der Waals surface area (Å²) in [6, 6.07) is 12.8. The Morgan fingerprint density at radius 1 is 1.19 bits per heavy atom. The first-order chi connectivity index (χ1) is 9.86. The summed E-state index contributed by atoms with van der Waals surface area (Å²) in [4.78, 5) is 0.107. The van der Waals surface area contributed by atoms with E-state index < -0.39 is 10.0 Å². The van der Waals surface area contributed by atoms with Gasteiger partial charge in [0.25, 0.3) is 10.0 Å². The molecule has 0 saturated carbocycles. The maximum absolute atomic E-state index is 12.5. The summed E-state index contributed by atoms with van der Waals surface area (Å²) in [6.45, 7) is 0. The molecular formula is C14H12BrN3O2S. The molecule has 0 fully saturated rings. The zero-order valence-electron chi connectivity index (χ0n) is 11.1. The van der Waals surface area contributed by atoms with Crippen LogP contribution in [0.1, 0.15) is 5.56 Å². The van der Waals surface area contributed by atoms with Crippen LogP contribution in [-0.2, 0) is 10.0 Å². The molecule has 0 radical (unpaired) electrons. The molecule has 0 spiro atoms. The smallest absolute Gasteiger partial charge is 0.264 e. The van der Waals surface area contributed by atoms with Crippen molar-refractivity contribution in [3.8, 4) is 6.07 Å². The van der Waals surface area contributed by atoms with E-state index in [1.54, 1.807) is 30.3 Å². The molecule has 2 aromatic rings. The molecule has 0 aliphatic heterocycles. The van der Waals surface area contributed by atoms with E-state index in [1.807, 2.05) is 6.07 Å². The molecule has 21 heavy (non-hydrogen) atoms. The van der Waals surface area contributed by atoms with Gasteiger partial charge in [-0.15, -0.1) is 0 Å². The Labute approximate surface area is 131 Å². The highest BCUT2D eigenvalue weighted by molar-refractivity contribution is 9.10. The van der Waals surface area contributed by atoms with Gasteiger partial charge in [-0.1, -0.05) is 0 Å². The number of nitrogen functional groups attached to an aromatic ring is 1. The summed E-state index contributed by atoms with van der Waals surface area (Å²) in [7, 11) is -2.25. The van der Waals surface area contributed by atoms with E-state index in [0.29, 0.717) is 21.4 Å². The first kappa shape index (κ1) is 15.4. The Hall–Kier alpha value is -2.04. The van der Waals surface area contributed by atoms with Crippen LogP contribution in [0.4, 0.5) is 11.4 Å². The third-order valence-corrected chi connectivity index (χ3v) is 5.49. The molecule has 0 unspecified atom stereocenters. The van der Waals surface area contributed by atoms with Gasteiger partial charge in [-0.05, 0) is 58.4 Å². The van der Waals surface area contributed by atoms with Crippen LogP contribution in [0.3, 0.4) is 0 Å². The topological polar surface area (TPSA) is 87.2 Å². The lowest BCUT2D eigenvalue weighted by atomic mass is 10.2. The Morgan fingerprint density at radius 3 is 2.33 bits per heavy atom. The van der Waals surface area contributed by atoms with Crippen molar-refractivity contribution in [2.75, 3.05) is 17.1 Å². The lowest BCUT2D eigenvalue weighted by Gasteiger charge is -2.20. The van der Waals surface area contributed by atoms with Crippen molar-refractivity contribution in [2.24, 2.45) is 0 Å². The number of nitriles is 1. The van der Waals surface area contributed by atoms with Gasteiger partial charge in [0.15, 0.2) is 0 Å². The van der Waals surface area contributed by atoms with Crippen LogP contribution >= 0.6 is 15.9 Å². The van der Waals surface area contributed by atoms with Crippen molar-refractivity contribution in [1.29, 1.82) is 5.26 Å². The number of nitrogens with two attached hydrogens (primary N) is 1. The largest absolute Gasteiger partial charge is 0.398 e. The molecule has 0 amide bonds. The van der Waals surface area contributed by atoms with Crippen LogP contribution in [0.2, 0.25) is 0 Å². The van der Waals surface area contributed by atoms with E-state index in [2.05, 4.69) is 15.9 Å². The fourth-order valence-corrected chi connectivity index (χ4v) is 3.20. The van der Waals surface area contributed by atoms with Crippen LogP contribution < -0.4 is 10.0 Å². The van der Waals surface area contributed by atoms with E-state index in [0.717, 1.165) is 4.31 Å². The second-order valence-electron chi connectivity index (χ2n) is 4.31. The van der Waals surface area contributed by atoms with Gasteiger partial charge in [0.05, 0.1) is 22.2 Å². The highest BCUT2D eigenvalue weighted by Gasteiger charge is 2.21. The summed E-state index contributed by atoms with van der Waals surface area (Å²) in [5.74, 6) is 0. The number of nitrogens with zero attached hydrogens (tertiary/aromatic N) is 2. The Bertz CT molecular complexity index is 811. The van der Waals surface area contributed by atoms with Crippen LogP contribution in [-0.4, -0.2) is 15.5 Å². The molecule has 0 saturated heterocycles. The number of rotatable bonds is 3. The number of hydrogen-bond acceptors (Lipinski definition) is 4. The monoisotopic (exact) mass is 365 g/mol. The lowest BCUT2D eigenvalue weighted by molar-refractivity contribution is 0.594. The summed E-state index contributed by atoms with van der Waals surface area (Å²) in [6.07, 6.45) is 0. The van der Waals surface area contributed by atoms with E-state index in [1.165, 1.54) is 19.2 Å². The van der Waals surface area contributed by atoms with Crippen molar-refractivity contribution in [2.45, 2.75) is 4.90 Å². The van der Waals surface area contributed by atoms with Crippen LogP contribution in [0.15, 0.2) is 51.8 Å². The van der Waals surface area contributed by atoms with E-state index in [-0.39, 0.29) is 4.90 Å². The third-order valence-electron chi connectivity index (χ3n) is 2.99. The van der Waals surface area contributed by atoms with Crippen molar-refractivity contribution < 1.29 is 8.42 Å². The number of benzene rings is 2. The van der Waals surface area contributed by atoms with Crippen LogP contribution in [0.25, 0.3) is 0 Å². The van der Waals surface area contributed by atoms with Gasteiger partial charge in [0, 0.05) is 17.2 Å². The molecule has 0 heterocycles. The zero-order valence-corrected chi connectivity index (χ0v) is 13.5. The standard InChI is InChI=1S/C14H12BrN3O2S/c1-18(11-4-2-10(9-16)3-5-11)21(19,20)12-6-7-13(15)14(17)8-12/h2-8H,17H2,1H3. The molecule has 2 rings (SSSR count). The average molecular weight is 366 g/mol. The van der Waals surface area contributed by atoms with Gasteiger partial charge in [-0.2, -0.15) is 5.26 Å². The van der Waals surface area contributed by atoms with Crippen molar-refractivity contribution >= 4 is 37.3 Å². The highest BCUT2D eigenvalue weighted by atomic mass is 79.9. The summed E-state index contributed by atoms with van der Waals surface area (Å²) < 4.78 is 26.9. The van der Waals surface area contributed by atoms with Gasteiger partial charge in [0.2, 0.25) is 0 Å². The SMILES string of the molecule is CN(c1ccc(C#N)cc1)S(=O)(=O)c1ccc(Br)c(N)c1. The molecule has 108 valence electrons. The van der Waals surface area contributed by atoms with Crippen molar-refractivity contribution in [3.63, 3.8) is 0 Å². The number of halogens is 1. The Morgan fingerprint density at radius 2 is 1.81 bits per heavy atom. The minimum Gasteiger partial charge on any atom is -0.398 e. The predicted molar refractivity (Wildman–Crippen MR) is 85.3 cm³/mol. The normalized spacial score (nSPS) is 10.9. The zero-order chi connectivity index (χ0) is 15.6. The van der Waals surface area contributed by atoms with Gasteiger partial charge in [-0.25, -0.2) is 8.42 Å². The number of hydrogen-bond donors (Lipinski definition) is 1. The number of anilines is 2. The molecule has 7 heteroatoms. The third kappa shape index (κ3) is 3.01. The van der Waals surface area contributed by atoms with Crippen molar-refractivity contribution in [3.05, 3.63) is 52.5 Å². The van der Waals surface area contributed by atoms with E-state index in [4.69, 9.17) is 11.0 Å². The van der Waals surface area contributed by atoms with E-state index in [9.17, 15) is 8.42 Å². The summed E-state index contributed by atoms with van der Waals surface area (Å²) in [5, 5.41) is 8.76. The minimum absolute atomic E-state index is 0.107. The van der Waals surface area contributed by atoms with Crippen LogP contribution in [0, 0.1) is 11.3 Å². The van der Waals surface area contributed by atoms with Gasteiger partial charge >= 0.3 is 0 Å². The van der Waals surface area contributed by atoms with Gasteiger partial charge in [0.1, 0.15) is 0 Å². The summed E-state index contributed by atoms with van der Waals surface area (Å²) >= 11 is 3.23.